The van der Waals surface area contributed by atoms with Crippen LogP contribution >= 0.6 is 0 Å². The molecular formula is C18H19N3O4. The molecule has 1 aromatic rings. The Kier molecular flexibility index (Phi) is 3.78. The second kappa shape index (κ2) is 5.98. The summed E-state index contributed by atoms with van der Waals surface area (Å²) < 4.78 is 0. The number of anilines is 1. The summed E-state index contributed by atoms with van der Waals surface area (Å²) in [4.78, 5) is 52.0. The predicted molar refractivity (Wildman–Crippen MR) is 89.2 cm³/mol. The number of amides is 4. The van der Waals surface area contributed by atoms with Crippen molar-refractivity contribution in [2.75, 3.05) is 18.0 Å². The van der Waals surface area contributed by atoms with E-state index in [1.54, 1.807) is 12.1 Å². The summed E-state index contributed by atoms with van der Waals surface area (Å²) >= 11 is 0. The predicted octanol–water partition coefficient (Wildman–Crippen LogP) is 1.08. The van der Waals surface area contributed by atoms with Crippen LogP contribution in [-0.4, -0.2) is 47.7 Å². The molecule has 7 heteroatoms. The van der Waals surface area contributed by atoms with Crippen LogP contribution in [0.2, 0.25) is 0 Å². The van der Waals surface area contributed by atoms with Crippen molar-refractivity contribution < 1.29 is 19.2 Å². The van der Waals surface area contributed by atoms with Crippen LogP contribution in [0.25, 0.3) is 0 Å². The maximum Gasteiger partial charge on any atom is 0.262 e. The van der Waals surface area contributed by atoms with Gasteiger partial charge < -0.3 is 4.90 Å². The Bertz CT molecular complexity index is 783. The molecule has 1 N–H and O–H groups in total. The van der Waals surface area contributed by atoms with Crippen LogP contribution in [0.4, 0.5) is 5.69 Å². The molecule has 3 aliphatic heterocycles. The first kappa shape index (κ1) is 15.8. The fraction of sp³-hybridized carbons (Fsp3) is 0.444. The molecule has 1 aromatic carbocycles. The highest BCUT2D eigenvalue weighted by Crippen LogP contribution is 2.31. The van der Waals surface area contributed by atoms with Gasteiger partial charge in [-0.05, 0) is 43.9 Å². The van der Waals surface area contributed by atoms with Gasteiger partial charge in [0.2, 0.25) is 11.8 Å². The molecular weight excluding hydrogens is 322 g/mol. The van der Waals surface area contributed by atoms with Crippen molar-refractivity contribution in [3.05, 3.63) is 29.3 Å². The summed E-state index contributed by atoms with van der Waals surface area (Å²) in [6.45, 7) is 1.88. The second-order valence-electron chi connectivity index (χ2n) is 6.72. The molecule has 0 aromatic heterocycles. The first-order chi connectivity index (χ1) is 12.1. The van der Waals surface area contributed by atoms with Crippen molar-refractivity contribution in [1.29, 1.82) is 0 Å². The summed E-state index contributed by atoms with van der Waals surface area (Å²) in [5.41, 5.74) is 1.61. The number of fused-ring (bicyclic) bond motifs is 1. The number of carbonyl (C=O) groups excluding carboxylic acids is 4. The Balaban J connectivity index is 1.63. The van der Waals surface area contributed by atoms with Crippen LogP contribution in [0.3, 0.4) is 0 Å². The Morgan fingerprint density at radius 1 is 0.920 bits per heavy atom. The van der Waals surface area contributed by atoms with Gasteiger partial charge in [-0.2, -0.15) is 0 Å². The molecule has 130 valence electrons. The fourth-order valence-corrected chi connectivity index (χ4v) is 3.81. The van der Waals surface area contributed by atoms with Gasteiger partial charge in [-0.15, -0.1) is 0 Å². The van der Waals surface area contributed by atoms with E-state index in [-0.39, 0.29) is 18.7 Å². The quantitative estimate of drug-likeness (QED) is 0.814. The van der Waals surface area contributed by atoms with Gasteiger partial charge >= 0.3 is 0 Å². The van der Waals surface area contributed by atoms with Crippen molar-refractivity contribution in [3.63, 3.8) is 0 Å². The summed E-state index contributed by atoms with van der Waals surface area (Å²) in [6.07, 6.45) is 3.75. The minimum Gasteiger partial charge on any atom is -0.372 e. The zero-order valence-corrected chi connectivity index (χ0v) is 13.8. The second-order valence-corrected chi connectivity index (χ2v) is 6.72. The van der Waals surface area contributed by atoms with Crippen molar-refractivity contribution in [1.82, 2.24) is 10.2 Å². The molecule has 3 aliphatic rings. The summed E-state index contributed by atoms with van der Waals surface area (Å²) in [5, 5.41) is 2.21. The zero-order valence-electron chi connectivity index (χ0n) is 13.8. The fourth-order valence-electron chi connectivity index (χ4n) is 3.81. The average Bonchev–Trinajstić information content (AvgIpc) is 2.87. The zero-order chi connectivity index (χ0) is 17.6. The van der Waals surface area contributed by atoms with Gasteiger partial charge in [-0.25, -0.2) is 0 Å². The highest BCUT2D eigenvalue weighted by atomic mass is 16.2. The highest BCUT2D eigenvalue weighted by molar-refractivity contribution is 6.23. The van der Waals surface area contributed by atoms with Crippen LogP contribution in [-0.2, 0) is 9.59 Å². The van der Waals surface area contributed by atoms with E-state index in [4.69, 9.17) is 0 Å². The van der Waals surface area contributed by atoms with Gasteiger partial charge in [0, 0.05) is 25.2 Å². The lowest BCUT2D eigenvalue weighted by molar-refractivity contribution is -0.136. The Labute approximate surface area is 145 Å². The van der Waals surface area contributed by atoms with E-state index in [0.717, 1.165) is 36.5 Å². The summed E-state index contributed by atoms with van der Waals surface area (Å²) in [6, 6.07) is 4.38. The molecule has 4 rings (SSSR count). The highest BCUT2D eigenvalue weighted by Gasteiger charge is 2.44. The molecule has 0 unspecified atom stereocenters. The van der Waals surface area contributed by atoms with Gasteiger partial charge in [-0.3, -0.25) is 29.4 Å². The smallest absolute Gasteiger partial charge is 0.262 e. The normalized spacial score (nSPS) is 23.8. The maximum atomic E-state index is 12.8. The van der Waals surface area contributed by atoms with Crippen LogP contribution in [0.5, 0.6) is 0 Å². The molecule has 0 aliphatic carbocycles. The third-order valence-electron chi connectivity index (χ3n) is 5.14. The van der Waals surface area contributed by atoms with E-state index in [0.29, 0.717) is 11.1 Å². The molecule has 25 heavy (non-hydrogen) atoms. The Morgan fingerprint density at radius 2 is 1.64 bits per heavy atom. The molecule has 4 amide bonds. The van der Waals surface area contributed by atoms with Gasteiger partial charge in [-0.1, -0.05) is 0 Å². The van der Waals surface area contributed by atoms with Crippen LogP contribution in [0.15, 0.2) is 18.2 Å². The van der Waals surface area contributed by atoms with E-state index in [2.05, 4.69) is 10.2 Å². The molecule has 0 spiro atoms. The number of imide groups is 2. The first-order valence-electron chi connectivity index (χ1n) is 8.67. The minimum atomic E-state index is -0.913. The standard InChI is InChI=1S/C18H19N3O4/c22-15-7-6-14(16(23)19-15)21-17(24)12-5-4-11(10-13(12)18(21)25)20-8-2-1-3-9-20/h4-5,10,14H,1-3,6-9H2,(H,19,22,23)/t14-/m1/s1. The van der Waals surface area contributed by atoms with E-state index in [1.807, 2.05) is 6.07 Å². The van der Waals surface area contributed by atoms with Crippen molar-refractivity contribution in [2.45, 2.75) is 38.1 Å². The molecule has 2 saturated heterocycles. The minimum absolute atomic E-state index is 0.128. The number of nitrogens with one attached hydrogen (secondary N) is 1. The average molecular weight is 341 g/mol. The Morgan fingerprint density at radius 3 is 2.36 bits per heavy atom. The first-order valence-corrected chi connectivity index (χ1v) is 8.67. The van der Waals surface area contributed by atoms with Crippen molar-refractivity contribution in [2.24, 2.45) is 0 Å². The molecule has 7 nitrogen and oxygen atoms in total. The lowest BCUT2D eigenvalue weighted by atomic mass is 10.0. The number of hydrogen-bond donors (Lipinski definition) is 1. The van der Waals surface area contributed by atoms with E-state index < -0.39 is 23.8 Å². The number of benzene rings is 1. The largest absolute Gasteiger partial charge is 0.372 e. The lowest BCUT2D eigenvalue weighted by Crippen LogP contribution is -2.54. The Hall–Kier alpha value is -2.70. The molecule has 0 bridgehead atoms. The van der Waals surface area contributed by atoms with E-state index in [9.17, 15) is 19.2 Å². The topological polar surface area (TPSA) is 86.8 Å². The van der Waals surface area contributed by atoms with Crippen LogP contribution in [0, 0.1) is 0 Å². The summed E-state index contributed by atoms with van der Waals surface area (Å²) in [7, 11) is 0. The van der Waals surface area contributed by atoms with Gasteiger partial charge in [0.15, 0.2) is 0 Å². The third-order valence-corrected chi connectivity index (χ3v) is 5.14. The molecule has 2 fully saturated rings. The number of hydrogen-bond acceptors (Lipinski definition) is 5. The summed E-state index contributed by atoms with van der Waals surface area (Å²) in [5.74, 6) is -1.86. The molecule has 0 radical (unpaired) electrons. The van der Waals surface area contributed by atoms with Crippen LogP contribution < -0.4 is 10.2 Å². The van der Waals surface area contributed by atoms with E-state index >= 15 is 0 Å². The molecule has 3 heterocycles. The van der Waals surface area contributed by atoms with E-state index in [1.165, 1.54) is 6.42 Å². The third kappa shape index (κ3) is 2.59. The van der Waals surface area contributed by atoms with Crippen LogP contribution in [0.1, 0.15) is 52.8 Å². The van der Waals surface area contributed by atoms with Crippen molar-refractivity contribution >= 4 is 29.3 Å². The number of nitrogens with zero attached hydrogens (tertiary/aromatic N) is 2. The number of carbonyl (C=O) groups is 4. The molecule has 1 atom stereocenters. The van der Waals surface area contributed by atoms with Gasteiger partial charge in [0.25, 0.3) is 11.8 Å². The monoisotopic (exact) mass is 341 g/mol. The van der Waals surface area contributed by atoms with Gasteiger partial charge in [0.1, 0.15) is 6.04 Å². The lowest BCUT2D eigenvalue weighted by Gasteiger charge is -2.29. The number of piperidine rings is 2. The maximum absolute atomic E-state index is 12.8. The molecule has 0 saturated carbocycles. The van der Waals surface area contributed by atoms with Crippen molar-refractivity contribution in [3.8, 4) is 0 Å². The SMILES string of the molecule is O=C1CC[C@@H](N2C(=O)c3ccc(N4CCCCC4)cc3C2=O)C(=O)N1. The number of rotatable bonds is 2. The van der Waals surface area contributed by atoms with Gasteiger partial charge in [0.05, 0.1) is 11.1 Å².